The monoisotopic (exact) mass is 302 g/mol. The van der Waals surface area contributed by atoms with Crippen LogP contribution in [0.1, 0.15) is 25.6 Å². The van der Waals surface area contributed by atoms with E-state index in [1.807, 2.05) is 13.0 Å². The van der Waals surface area contributed by atoms with E-state index in [4.69, 9.17) is 11.6 Å². The topological polar surface area (TPSA) is 60.7 Å². The summed E-state index contributed by atoms with van der Waals surface area (Å²) in [6.45, 7) is 4.59. The summed E-state index contributed by atoms with van der Waals surface area (Å²) in [5, 5.41) is 9.54. The molecule has 0 spiro atoms. The Bertz CT molecular complexity index is 888. The fraction of sp³-hybridized carbons (Fsp3) is 0.333. The van der Waals surface area contributed by atoms with Crippen LogP contribution in [0.4, 0.5) is 0 Å². The number of unbranched alkanes of at least 4 members (excludes halogenated alkanes) is 1. The molecule has 0 N–H and O–H groups in total. The van der Waals surface area contributed by atoms with Crippen molar-refractivity contribution in [2.45, 2.75) is 33.2 Å². The lowest BCUT2D eigenvalue weighted by atomic mass is 10.2. The summed E-state index contributed by atoms with van der Waals surface area (Å²) in [6.07, 6.45) is 1.95. The molecule has 108 valence electrons. The van der Waals surface area contributed by atoms with Crippen LogP contribution in [-0.2, 0) is 6.54 Å². The molecule has 0 unspecified atom stereocenters. The summed E-state index contributed by atoms with van der Waals surface area (Å²) >= 11 is 5.96. The van der Waals surface area contributed by atoms with Crippen molar-refractivity contribution >= 4 is 33.5 Å². The number of hydrogen-bond acceptors (Lipinski definition) is 4. The standard InChI is InChI=1S/C15H15ClN4O/c1-3-4-7-20-9(2)17-13-11-6-5-10(16)8-12(11)18-19-14(13)15(20)21/h5-6,8H,3-4,7H2,1-2H3. The van der Waals surface area contributed by atoms with Gasteiger partial charge in [0.25, 0.3) is 5.56 Å². The van der Waals surface area contributed by atoms with Crippen LogP contribution in [0.5, 0.6) is 0 Å². The first kappa shape index (κ1) is 13.9. The number of rotatable bonds is 3. The molecule has 0 aliphatic heterocycles. The molecule has 3 aromatic rings. The molecule has 2 heterocycles. The first-order valence-electron chi connectivity index (χ1n) is 6.95. The Morgan fingerprint density at radius 3 is 2.81 bits per heavy atom. The second-order valence-electron chi connectivity index (χ2n) is 5.03. The van der Waals surface area contributed by atoms with Crippen molar-refractivity contribution in [3.05, 3.63) is 39.4 Å². The maximum Gasteiger partial charge on any atom is 0.281 e. The summed E-state index contributed by atoms with van der Waals surface area (Å²) < 4.78 is 1.67. The van der Waals surface area contributed by atoms with Gasteiger partial charge in [-0.05, 0) is 31.5 Å². The van der Waals surface area contributed by atoms with Crippen molar-refractivity contribution in [3.8, 4) is 0 Å². The van der Waals surface area contributed by atoms with E-state index in [-0.39, 0.29) is 5.56 Å². The number of fused-ring (bicyclic) bond motifs is 3. The second-order valence-corrected chi connectivity index (χ2v) is 5.46. The number of halogens is 1. The van der Waals surface area contributed by atoms with Gasteiger partial charge < -0.3 is 0 Å². The van der Waals surface area contributed by atoms with Gasteiger partial charge in [-0.2, -0.15) is 0 Å². The molecule has 0 saturated carbocycles. The summed E-state index contributed by atoms with van der Waals surface area (Å²) in [5.41, 5.74) is 1.42. The van der Waals surface area contributed by atoms with Gasteiger partial charge in [-0.25, -0.2) is 4.98 Å². The van der Waals surface area contributed by atoms with Crippen LogP contribution in [0.25, 0.3) is 21.9 Å². The molecule has 0 bridgehead atoms. The maximum absolute atomic E-state index is 12.6. The van der Waals surface area contributed by atoms with E-state index in [0.717, 1.165) is 18.2 Å². The Morgan fingerprint density at radius 1 is 1.24 bits per heavy atom. The lowest BCUT2D eigenvalue weighted by molar-refractivity contribution is 0.590. The zero-order valence-electron chi connectivity index (χ0n) is 11.9. The first-order chi connectivity index (χ1) is 10.1. The average molecular weight is 303 g/mol. The Labute approximate surface area is 126 Å². The lowest BCUT2D eigenvalue weighted by Crippen LogP contribution is -2.25. The SMILES string of the molecule is CCCCn1c(C)nc2c(nnc3cc(Cl)ccc32)c1=O. The zero-order chi connectivity index (χ0) is 15.0. The summed E-state index contributed by atoms with van der Waals surface area (Å²) in [5.74, 6) is 0.699. The van der Waals surface area contributed by atoms with Crippen LogP contribution >= 0.6 is 11.6 Å². The van der Waals surface area contributed by atoms with Crippen LogP contribution in [0.3, 0.4) is 0 Å². The van der Waals surface area contributed by atoms with Crippen LogP contribution in [0.2, 0.25) is 5.02 Å². The number of hydrogen-bond donors (Lipinski definition) is 0. The predicted octanol–water partition coefficient (Wildman–Crippen LogP) is 3.10. The van der Waals surface area contributed by atoms with E-state index in [1.54, 1.807) is 16.7 Å². The van der Waals surface area contributed by atoms with Crippen LogP contribution < -0.4 is 5.56 Å². The normalized spacial score (nSPS) is 11.4. The minimum atomic E-state index is -0.129. The van der Waals surface area contributed by atoms with Gasteiger partial charge >= 0.3 is 0 Å². The third-order valence-electron chi connectivity index (χ3n) is 3.54. The van der Waals surface area contributed by atoms with E-state index in [2.05, 4.69) is 22.1 Å². The van der Waals surface area contributed by atoms with Gasteiger partial charge in [-0.3, -0.25) is 9.36 Å². The third kappa shape index (κ3) is 2.38. The number of aromatic nitrogens is 4. The maximum atomic E-state index is 12.6. The van der Waals surface area contributed by atoms with E-state index in [0.29, 0.717) is 33.9 Å². The van der Waals surface area contributed by atoms with Crippen molar-refractivity contribution in [2.24, 2.45) is 0 Å². The highest BCUT2D eigenvalue weighted by atomic mass is 35.5. The van der Waals surface area contributed by atoms with Crippen LogP contribution in [0.15, 0.2) is 23.0 Å². The highest BCUT2D eigenvalue weighted by molar-refractivity contribution is 6.31. The van der Waals surface area contributed by atoms with E-state index in [1.165, 1.54) is 0 Å². The summed E-state index contributed by atoms with van der Waals surface area (Å²) in [6, 6.07) is 5.32. The summed E-state index contributed by atoms with van der Waals surface area (Å²) in [4.78, 5) is 17.1. The minimum Gasteiger partial charge on any atom is -0.295 e. The predicted molar refractivity (Wildman–Crippen MR) is 83.8 cm³/mol. The van der Waals surface area contributed by atoms with Gasteiger partial charge in [-0.1, -0.05) is 24.9 Å². The van der Waals surface area contributed by atoms with Crippen molar-refractivity contribution in [1.29, 1.82) is 0 Å². The van der Waals surface area contributed by atoms with Crippen molar-refractivity contribution in [3.63, 3.8) is 0 Å². The molecule has 0 amide bonds. The lowest BCUT2D eigenvalue weighted by Gasteiger charge is -2.10. The Kier molecular flexibility index (Phi) is 3.59. The summed E-state index contributed by atoms with van der Waals surface area (Å²) in [7, 11) is 0. The van der Waals surface area contributed by atoms with Crippen LogP contribution in [-0.4, -0.2) is 19.7 Å². The van der Waals surface area contributed by atoms with Gasteiger partial charge in [0.05, 0.1) is 5.52 Å². The molecule has 2 aromatic heterocycles. The fourth-order valence-corrected chi connectivity index (χ4v) is 2.57. The third-order valence-corrected chi connectivity index (χ3v) is 3.78. The van der Waals surface area contributed by atoms with Gasteiger partial charge in [-0.15, -0.1) is 10.2 Å². The Morgan fingerprint density at radius 2 is 2.05 bits per heavy atom. The van der Waals surface area contributed by atoms with Gasteiger partial charge in [0, 0.05) is 17.0 Å². The average Bonchev–Trinajstić information content (AvgIpc) is 2.46. The van der Waals surface area contributed by atoms with Crippen molar-refractivity contribution < 1.29 is 0 Å². The smallest absolute Gasteiger partial charge is 0.281 e. The zero-order valence-corrected chi connectivity index (χ0v) is 12.7. The molecule has 6 heteroatoms. The number of aryl methyl sites for hydroxylation is 1. The quantitative estimate of drug-likeness (QED) is 0.698. The molecule has 0 atom stereocenters. The molecule has 0 saturated heterocycles. The molecule has 1 aromatic carbocycles. The van der Waals surface area contributed by atoms with Gasteiger partial charge in [0.2, 0.25) is 0 Å². The van der Waals surface area contributed by atoms with Gasteiger partial charge in [0.1, 0.15) is 11.3 Å². The van der Waals surface area contributed by atoms with Crippen molar-refractivity contribution in [2.75, 3.05) is 0 Å². The van der Waals surface area contributed by atoms with E-state index < -0.39 is 0 Å². The van der Waals surface area contributed by atoms with Gasteiger partial charge in [0.15, 0.2) is 5.52 Å². The van der Waals surface area contributed by atoms with E-state index >= 15 is 0 Å². The molecule has 0 aliphatic rings. The molecule has 5 nitrogen and oxygen atoms in total. The molecular formula is C15H15ClN4O. The molecule has 0 fully saturated rings. The van der Waals surface area contributed by atoms with E-state index in [9.17, 15) is 4.79 Å². The fourth-order valence-electron chi connectivity index (χ4n) is 2.40. The number of benzene rings is 1. The molecular weight excluding hydrogens is 288 g/mol. The molecule has 0 aliphatic carbocycles. The Balaban J connectivity index is 2.33. The molecule has 21 heavy (non-hydrogen) atoms. The minimum absolute atomic E-state index is 0.129. The largest absolute Gasteiger partial charge is 0.295 e. The second kappa shape index (κ2) is 5.41. The molecule has 0 radical (unpaired) electrons. The first-order valence-corrected chi connectivity index (χ1v) is 7.32. The number of nitrogens with zero attached hydrogens (tertiary/aromatic N) is 4. The Hall–Kier alpha value is -2.01. The highest BCUT2D eigenvalue weighted by Gasteiger charge is 2.13. The molecule has 3 rings (SSSR count). The highest BCUT2D eigenvalue weighted by Crippen LogP contribution is 2.21. The van der Waals surface area contributed by atoms with Crippen LogP contribution in [0, 0.1) is 6.92 Å². The van der Waals surface area contributed by atoms with Crippen molar-refractivity contribution in [1.82, 2.24) is 19.7 Å².